The summed E-state index contributed by atoms with van der Waals surface area (Å²) in [5, 5.41) is 4.61. The molecule has 106 valence electrons. The van der Waals surface area contributed by atoms with Crippen molar-refractivity contribution in [3.63, 3.8) is 0 Å². The molecule has 0 bridgehead atoms. The molecule has 4 heteroatoms. The third-order valence-electron chi connectivity index (χ3n) is 3.47. The second-order valence-corrected chi connectivity index (χ2v) is 6.03. The Morgan fingerprint density at radius 2 is 1.76 bits per heavy atom. The van der Waals surface area contributed by atoms with Gasteiger partial charge in [-0.2, -0.15) is 5.10 Å². The van der Waals surface area contributed by atoms with Gasteiger partial charge in [-0.05, 0) is 36.2 Å². The van der Waals surface area contributed by atoms with Crippen LogP contribution in [-0.4, -0.2) is 9.78 Å². The zero-order chi connectivity index (χ0) is 15.0. The zero-order valence-corrected chi connectivity index (χ0v) is 13.6. The van der Waals surface area contributed by atoms with E-state index in [-0.39, 0.29) is 0 Å². The lowest BCUT2D eigenvalue weighted by molar-refractivity contribution is 0.782. The maximum absolute atomic E-state index is 6.24. The molecule has 0 spiro atoms. The van der Waals surface area contributed by atoms with Crippen LogP contribution in [0, 0.1) is 6.92 Å². The van der Waals surface area contributed by atoms with Crippen LogP contribution in [0.5, 0.6) is 0 Å². The van der Waals surface area contributed by atoms with Gasteiger partial charge in [0.1, 0.15) is 11.5 Å². The number of hydrogen-bond donors (Lipinski definition) is 1. The van der Waals surface area contributed by atoms with Gasteiger partial charge in [-0.25, -0.2) is 0 Å². The van der Waals surface area contributed by atoms with Crippen LogP contribution in [0.3, 0.4) is 0 Å². The van der Waals surface area contributed by atoms with Crippen molar-refractivity contribution in [1.29, 1.82) is 0 Å². The molecule has 0 amide bonds. The SMILES string of the molecule is Cc1cc(Br)cc(-c2nn(C)c(N)c2-c2ccccc2)c1. The molecule has 3 aromatic rings. The summed E-state index contributed by atoms with van der Waals surface area (Å²) in [7, 11) is 1.87. The van der Waals surface area contributed by atoms with Gasteiger partial charge in [0.15, 0.2) is 0 Å². The first kappa shape index (κ1) is 13.9. The van der Waals surface area contributed by atoms with Crippen molar-refractivity contribution < 1.29 is 0 Å². The highest BCUT2D eigenvalue weighted by Crippen LogP contribution is 2.36. The Kier molecular flexibility index (Phi) is 3.55. The summed E-state index contributed by atoms with van der Waals surface area (Å²) in [4.78, 5) is 0. The van der Waals surface area contributed by atoms with Crippen molar-refractivity contribution >= 4 is 21.7 Å². The van der Waals surface area contributed by atoms with E-state index in [1.54, 1.807) is 4.68 Å². The van der Waals surface area contributed by atoms with Gasteiger partial charge < -0.3 is 5.73 Å². The molecule has 1 aromatic heterocycles. The Morgan fingerprint density at radius 3 is 2.43 bits per heavy atom. The molecule has 0 aliphatic heterocycles. The summed E-state index contributed by atoms with van der Waals surface area (Å²) >= 11 is 3.55. The molecular weight excluding hydrogens is 326 g/mol. The minimum absolute atomic E-state index is 0.675. The fraction of sp³-hybridized carbons (Fsp3) is 0.118. The predicted molar refractivity (Wildman–Crippen MR) is 90.9 cm³/mol. The van der Waals surface area contributed by atoms with Crippen molar-refractivity contribution in [2.24, 2.45) is 7.05 Å². The molecule has 0 fully saturated rings. The van der Waals surface area contributed by atoms with Crippen molar-refractivity contribution in [2.75, 3.05) is 5.73 Å². The Hall–Kier alpha value is -2.07. The summed E-state index contributed by atoms with van der Waals surface area (Å²) in [5.41, 5.74) is 11.5. The molecule has 0 aliphatic rings. The van der Waals surface area contributed by atoms with Crippen LogP contribution in [0.4, 0.5) is 5.82 Å². The minimum atomic E-state index is 0.675. The maximum Gasteiger partial charge on any atom is 0.129 e. The lowest BCUT2D eigenvalue weighted by Gasteiger charge is -2.06. The fourth-order valence-electron chi connectivity index (χ4n) is 2.50. The predicted octanol–water partition coefficient (Wildman–Crippen LogP) is 4.41. The molecule has 2 aromatic carbocycles. The van der Waals surface area contributed by atoms with E-state index < -0.39 is 0 Å². The summed E-state index contributed by atoms with van der Waals surface area (Å²) in [6.07, 6.45) is 0. The molecule has 0 saturated carbocycles. The van der Waals surface area contributed by atoms with Gasteiger partial charge in [0, 0.05) is 17.1 Å². The number of halogens is 1. The quantitative estimate of drug-likeness (QED) is 0.750. The highest BCUT2D eigenvalue weighted by atomic mass is 79.9. The first-order valence-electron chi connectivity index (χ1n) is 6.71. The number of rotatable bonds is 2. The fourth-order valence-corrected chi connectivity index (χ4v) is 3.11. The number of nitrogens with two attached hydrogens (primary N) is 1. The normalized spacial score (nSPS) is 10.8. The van der Waals surface area contributed by atoms with E-state index in [1.165, 1.54) is 5.56 Å². The maximum atomic E-state index is 6.24. The van der Waals surface area contributed by atoms with Gasteiger partial charge in [-0.3, -0.25) is 4.68 Å². The largest absolute Gasteiger partial charge is 0.383 e. The average molecular weight is 342 g/mol. The lowest BCUT2D eigenvalue weighted by atomic mass is 10.00. The molecule has 21 heavy (non-hydrogen) atoms. The molecule has 1 heterocycles. The Labute approximate surface area is 132 Å². The van der Waals surface area contributed by atoms with Crippen molar-refractivity contribution in [2.45, 2.75) is 6.92 Å². The summed E-state index contributed by atoms with van der Waals surface area (Å²) in [6, 6.07) is 16.4. The first-order valence-corrected chi connectivity index (χ1v) is 7.51. The van der Waals surface area contributed by atoms with Gasteiger partial charge in [-0.15, -0.1) is 0 Å². The second kappa shape index (κ2) is 5.37. The van der Waals surface area contributed by atoms with Crippen LogP contribution < -0.4 is 5.73 Å². The molecule has 3 nitrogen and oxygen atoms in total. The topological polar surface area (TPSA) is 43.8 Å². The number of benzene rings is 2. The third-order valence-corrected chi connectivity index (χ3v) is 3.93. The molecule has 3 rings (SSSR count). The summed E-state index contributed by atoms with van der Waals surface area (Å²) in [5.74, 6) is 0.675. The monoisotopic (exact) mass is 341 g/mol. The van der Waals surface area contributed by atoms with Crippen LogP contribution in [0.2, 0.25) is 0 Å². The Bertz CT molecular complexity index is 771. The number of hydrogen-bond acceptors (Lipinski definition) is 2. The van der Waals surface area contributed by atoms with E-state index in [0.717, 1.165) is 26.9 Å². The number of nitrogen functional groups attached to an aromatic ring is 1. The summed E-state index contributed by atoms with van der Waals surface area (Å²) in [6.45, 7) is 2.07. The Morgan fingerprint density at radius 1 is 1.05 bits per heavy atom. The van der Waals surface area contributed by atoms with Gasteiger partial charge >= 0.3 is 0 Å². The van der Waals surface area contributed by atoms with E-state index in [4.69, 9.17) is 5.73 Å². The lowest BCUT2D eigenvalue weighted by Crippen LogP contribution is -1.97. The third kappa shape index (κ3) is 2.59. The van der Waals surface area contributed by atoms with E-state index in [9.17, 15) is 0 Å². The van der Waals surface area contributed by atoms with E-state index in [2.05, 4.69) is 58.3 Å². The van der Waals surface area contributed by atoms with Crippen LogP contribution in [0.25, 0.3) is 22.4 Å². The molecule has 0 atom stereocenters. The van der Waals surface area contributed by atoms with E-state index in [1.807, 2.05) is 25.2 Å². The molecular formula is C17H16BrN3. The van der Waals surface area contributed by atoms with Gasteiger partial charge in [0.05, 0.1) is 5.56 Å². The highest BCUT2D eigenvalue weighted by molar-refractivity contribution is 9.10. The number of aromatic nitrogens is 2. The van der Waals surface area contributed by atoms with Crippen molar-refractivity contribution in [3.05, 3.63) is 58.6 Å². The van der Waals surface area contributed by atoms with E-state index >= 15 is 0 Å². The minimum Gasteiger partial charge on any atom is -0.383 e. The van der Waals surface area contributed by atoms with Crippen molar-refractivity contribution in [1.82, 2.24) is 9.78 Å². The zero-order valence-electron chi connectivity index (χ0n) is 12.0. The number of aryl methyl sites for hydroxylation is 2. The molecule has 0 saturated heterocycles. The van der Waals surface area contributed by atoms with Gasteiger partial charge in [0.25, 0.3) is 0 Å². The Balaban J connectivity index is 2.26. The molecule has 0 aliphatic carbocycles. The number of anilines is 1. The molecule has 2 N–H and O–H groups in total. The highest BCUT2D eigenvalue weighted by Gasteiger charge is 2.17. The van der Waals surface area contributed by atoms with Crippen LogP contribution in [-0.2, 0) is 7.05 Å². The second-order valence-electron chi connectivity index (χ2n) is 5.12. The smallest absolute Gasteiger partial charge is 0.129 e. The summed E-state index contributed by atoms with van der Waals surface area (Å²) < 4.78 is 2.77. The van der Waals surface area contributed by atoms with Gasteiger partial charge in [-0.1, -0.05) is 46.3 Å². The van der Waals surface area contributed by atoms with E-state index in [0.29, 0.717) is 5.82 Å². The number of nitrogens with zero attached hydrogens (tertiary/aromatic N) is 2. The van der Waals surface area contributed by atoms with Crippen molar-refractivity contribution in [3.8, 4) is 22.4 Å². The first-order chi connectivity index (χ1) is 10.1. The van der Waals surface area contributed by atoms with Crippen LogP contribution in [0.1, 0.15) is 5.56 Å². The molecule has 0 unspecified atom stereocenters. The average Bonchev–Trinajstić information content (AvgIpc) is 2.75. The van der Waals surface area contributed by atoms with Gasteiger partial charge in [0.2, 0.25) is 0 Å². The standard InChI is InChI=1S/C17H16BrN3/c1-11-8-13(10-14(18)9-11)16-15(17(19)21(2)20-16)12-6-4-3-5-7-12/h3-10H,19H2,1-2H3. The molecule has 0 radical (unpaired) electrons. The van der Waals surface area contributed by atoms with Crippen LogP contribution in [0.15, 0.2) is 53.0 Å². The van der Waals surface area contributed by atoms with Crippen LogP contribution >= 0.6 is 15.9 Å².